The first-order chi connectivity index (χ1) is 16.1. The Bertz CT molecular complexity index is 1330. The van der Waals surface area contributed by atoms with Gasteiger partial charge in [-0.1, -0.05) is 23.9 Å². The van der Waals surface area contributed by atoms with Crippen LogP contribution in [0.25, 0.3) is 16.7 Å². The number of aromatic nitrogens is 2. The van der Waals surface area contributed by atoms with Gasteiger partial charge in [0, 0.05) is 34.8 Å². The third-order valence-electron chi connectivity index (χ3n) is 6.29. The van der Waals surface area contributed by atoms with Gasteiger partial charge in [0.05, 0.1) is 13.2 Å². The van der Waals surface area contributed by atoms with Crippen LogP contribution in [0.15, 0.2) is 59.9 Å². The molecular formula is C25H21FN4O2S. The molecule has 0 radical (unpaired) electrons. The van der Waals surface area contributed by atoms with Crippen LogP contribution in [0.3, 0.4) is 0 Å². The number of ether oxygens (including phenoxy) is 2. The maximum Gasteiger partial charge on any atom is 0.225 e. The Hall–Kier alpha value is -3.23. The summed E-state index contributed by atoms with van der Waals surface area (Å²) >= 11 is 1.54. The molecular weight excluding hydrogens is 439 g/mol. The number of amidine groups is 1. The van der Waals surface area contributed by atoms with Crippen LogP contribution in [-0.4, -0.2) is 34.1 Å². The van der Waals surface area contributed by atoms with Gasteiger partial charge in [-0.25, -0.2) is 15.0 Å². The predicted octanol–water partition coefficient (Wildman–Crippen LogP) is 4.89. The zero-order chi connectivity index (χ0) is 22.4. The van der Waals surface area contributed by atoms with Crippen LogP contribution in [0.1, 0.15) is 29.5 Å². The number of nitrogens with zero attached hydrogens (tertiary/aromatic N) is 3. The topological polar surface area (TPSA) is 82.6 Å². The van der Waals surface area contributed by atoms with Gasteiger partial charge in [-0.05, 0) is 59.9 Å². The van der Waals surface area contributed by atoms with Crippen molar-refractivity contribution in [2.24, 2.45) is 10.7 Å². The second-order valence-corrected chi connectivity index (χ2v) is 9.33. The van der Waals surface area contributed by atoms with Gasteiger partial charge in [0.2, 0.25) is 11.8 Å². The Morgan fingerprint density at radius 3 is 2.82 bits per heavy atom. The van der Waals surface area contributed by atoms with Crippen LogP contribution in [0.2, 0.25) is 0 Å². The molecule has 0 fully saturated rings. The molecule has 3 aliphatic rings. The first kappa shape index (κ1) is 20.4. The molecule has 8 heteroatoms. The summed E-state index contributed by atoms with van der Waals surface area (Å²) in [7, 11) is 0. The maximum absolute atomic E-state index is 14.5. The fourth-order valence-corrected chi connectivity index (χ4v) is 5.52. The molecule has 0 saturated carbocycles. The van der Waals surface area contributed by atoms with Crippen LogP contribution in [0.4, 0.5) is 4.39 Å². The van der Waals surface area contributed by atoms with Gasteiger partial charge in [0.1, 0.15) is 11.3 Å². The molecule has 2 aromatic heterocycles. The molecule has 1 aromatic carbocycles. The number of aliphatic imine (C=N–C) groups is 1. The minimum Gasteiger partial charge on any atom is -0.438 e. The average Bonchev–Trinajstić information content (AvgIpc) is 2.85. The Morgan fingerprint density at radius 2 is 2.00 bits per heavy atom. The van der Waals surface area contributed by atoms with E-state index in [0.717, 1.165) is 47.5 Å². The Kier molecular flexibility index (Phi) is 4.92. The predicted molar refractivity (Wildman–Crippen MR) is 127 cm³/mol. The smallest absolute Gasteiger partial charge is 0.225 e. The Balaban J connectivity index is 1.56. The number of hydrogen-bond donors (Lipinski definition) is 1. The molecule has 3 aliphatic heterocycles. The number of thioether (sulfide) groups is 1. The summed E-state index contributed by atoms with van der Waals surface area (Å²) in [6.07, 6.45) is 7.05. The SMILES string of the molecule is NC1=N[C@]2(CCS1)c1cc(-c3cccnc3F)ccc1Oc1ncc(C3=CCCOC3)cc12. The molecule has 6 nitrogen and oxygen atoms in total. The van der Waals surface area contributed by atoms with Crippen LogP contribution >= 0.6 is 11.8 Å². The maximum atomic E-state index is 14.5. The van der Waals surface area contributed by atoms with E-state index >= 15 is 0 Å². The van der Waals surface area contributed by atoms with Crippen molar-refractivity contribution in [3.63, 3.8) is 0 Å². The van der Waals surface area contributed by atoms with E-state index in [0.29, 0.717) is 34.5 Å². The van der Waals surface area contributed by atoms with E-state index < -0.39 is 11.5 Å². The van der Waals surface area contributed by atoms with E-state index in [1.54, 1.807) is 12.1 Å². The number of nitrogens with two attached hydrogens (primary N) is 1. The largest absolute Gasteiger partial charge is 0.438 e. The molecule has 0 bridgehead atoms. The van der Waals surface area contributed by atoms with E-state index in [9.17, 15) is 4.39 Å². The van der Waals surface area contributed by atoms with Gasteiger partial charge in [-0.3, -0.25) is 0 Å². The Labute approximate surface area is 194 Å². The van der Waals surface area contributed by atoms with Crippen molar-refractivity contribution in [1.82, 2.24) is 9.97 Å². The summed E-state index contributed by atoms with van der Waals surface area (Å²) in [5, 5.41) is 0.517. The normalized spacial score (nSPS) is 21.5. The highest BCUT2D eigenvalue weighted by molar-refractivity contribution is 8.13. The van der Waals surface area contributed by atoms with E-state index in [-0.39, 0.29) is 0 Å². The van der Waals surface area contributed by atoms with Gasteiger partial charge >= 0.3 is 0 Å². The molecule has 2 N–H and O–H groups in total. The summed E-state index contributed by atoms with van der Waals surface area (Å²) < 4.78 is 26.3. The summed E-state index contributed by atoms with van der Waals surface area (Å²) in [6.45, 7) is 1.28. The minimum absolute atomic E-state index is 0.430. The second-order valence-electron chi connectivity index (χ2n) is 8.21. The van der Waals surface area contributed by atoms with Crippen molar-refractivity contribution < 1.29 is 13.9 Å². The highest BCUT2D eigenvalue weighted by Crippen LogP contribution is 2.53. The lowest BCUT2D eigenvalue weighted by Gasteiger charge is -2.39. The molecule has 166 valence electrons. The molecule has 1 atom stereocenters. The lowest BCUT2D eigenvalue weighted by atomic mass is 9.78. The van der Waals surface area contributed by atoms with Crippen molar-refractivity contribution >= 4 is 22.5 Å². The van der Waals surface area contributed by atoms with Crippen LogP contribution in [0, 0.1) is 5.95 Å². The molecule has 0 unspecified atom stereocenters. The summed E-state index contributed by atoms with van der Waals surface area (Å²) in [5.41, 5.74) is 10.5. The summed E-state index contributed by atoms with van der Waals surface area (Å²) in [6, 6.07) is 11.2. The van der Waals surface area contributed by atoms with E-state index in [2.05, 4.69) is 22.1 Å². The van der Waals surface area contributed by atoms with Crippen molar-refractivity contribution in [3.8, 4) is 22.8 Å². The zero-order valence-corrected chi connectivity index (χ0v) is 18.6. The zero-order valence-electron chi connectivity index (χ0n) is 17.8. The second kappa shape index (κ2) is 7.97. The first-order valence-corrected chi connectivity index (χ1v) is 11.8. The fraction of sp³-hybridized carbons (Fsp3) is 0.240. The molecule has 0 saturated heterocycles. The molecule has 3 aromatic rings. The minimum atomic E-state index is -0.758. The molecule has 1 spiro atoms. The molecule has 6 rings (SSSR count). The van der Waals surface area contributed by atoms with Crippen LogP contribution in [0.5, 0.6) is 11.6 Å². The molecule has 0 aliphatic carbocycles. The number of halogens is 1. The van der Waals surface area contributed by atoms with Crippen LogP contribution < -0.4 is 10.5 Å². The molecule has 0 amide bonds. The molecule has 5 heterocycles. The summed E-state index contributed by atoms with van der Waals surface area (Å²) in [4.78, 5) is 13.4. The van der Waals surface area contributed by atoms with Gasteiger partial charge in [-0.2, -0.15) is 4.39 Å². The van der Waals surface area contributed by atoms with Crippen molar-refractivity contribution in [2.75, 3.05) is 19.0 Å². The fourth-order valence-electron chi connectivity index (χ4n) is 4.69. The Morgan fingerprint density at radius 1 is 1.09 bits per heavy atom. The number of rotatable bonds is 2. The van der Waals surface area contributed by atoms with Gasteiger partial charge in [-0.15, -0.1) is 0 Å². The van der Waals surface area contributed by atoms with E-state index in [1.807, 2.05) is 24.4 Å². The highest BCUT2D eigenvalue weighted by Gasteiger charge is 2.45. The van der Waals surface area contributed by atoms with E-state index in [1.165, 1.54) is 18.0 Å². The lowest BCUT2D eigenvalue weighted by Crippen LogP contribution is -2.36. The quantitative estimate of drug-likeness (QED) is 0.549. The third kappa shape index (κ3) is 3.41. The van der Waals surface area contributed by atoms with Crippen molar-refractivity contribution in [1.29, 1.82) is 0 Å². The number of hydrogen-bond acceptors (Lipinski definition) is 7. The third-order valence-corrected chi connectivity index (χ3v) is 7.09. The number of fused-ring (bicyclic) bond motifs is 4. The highest BCUT2D eigenvalue weighted by atomic mass is 32.2. The monoisotopic (exact) mass is 460 g/mol. The van der Waals surface area contributed by atoms with E-state index in [4.69, 9.17) is 20.2 Å². The van der Waals surface area contributed by atoms with Crippen molar-refractivity contribution in [3.05, 3.63) is 77.5 Å². The number of pyridine rings is 2. The van der Waals surface area contributed by atoms with Gasteiger partial charge in [0.15, 0.2) is 5.17 Å². The molecule has 33 heavy (non-hydrogen) atoms. The van der Waals surface area contributed by atoms with Gasteiger partial charge in [0.25, 0.3) is 0 Å². The average molecular weight is 461 g/mol. The first-order valence-electron chi connectivity index (χ1n) is 10.8. The van der Waals surface area contributed by atoms with Crippen molar-refractivity contribution in [2.45, 2.75) is 18.4 Å². The van der Waals surface area contributed by atoms with Gasteiger partial charge < -0.3 is 15.2 Å². The van der Waals surface area contributed by atoms with Crippen LogP contribution in [-0.2, 0) is 10.3 Å². The standard InChI is InChI=1S/C25H21FN4O2S/c26-22-18(4-1-8-28-22)15-5-6-21-19(11-15)25(7-10-33-24(27)30-25)20-12-17(13-29-23(20)32-21)16-3-2-9-31-14-16/h1,3-6,8,11-13H,2,7,9-10,14H2,(H2,27,30)/t25-/m1/s1. The summed E-state index contributed by atoms with van der Waals surface area (Å²) in [5.74, 6) is 1.46. The number of benzene rings is 1. The lowest BCUT2D eigenvalue weighted by molar-refractivity contribution is 0.164.